The van der Waals surface area contributed by atoms with E-state index in [1.807, 2.05) is 0 Å². The number of thiocarbonyl (C=S) groups is 1. The fraction of sp³-hybridized carbons (Fsp3) is 0.200. The second-order valence-electron chi connectivity index (χ2n) is 3.01. The van der Waals surface area contributed by atoms with Gasteiger partial charge in [-0.1, -0.05) is 0 Å². The number of benzene rings is 1. The number of carbonyl (C=O) groups is 1. The molecule has 1 rings (SSSR count). The van der Waals surface area contributed by atoms with Crippen LogP contribution in [0.4, 0.5) is 4.39 Å². The third-order valence-electron chi connectivity index (χ3n) is 1.93. The van der Waals surface area contributed by atoms with Crippen molar-refractivity contribution in [2.24, 2.45) is 0 Å². The van der Waals surface area contributed by atoms with Crippen LogP contribution in [0.25, 0.3) is 0 Å². The molecule has 1 amide bonds. The molecule has 0 bridgehead atoms. The molecule has 0 aliphatic rings. The van der Waals surface area contributed by atoms with Crippen molar-refractivity contribution in [2.45, 2.75) is 0 Å². The van der Waals surface area contributed by atoms with Gasteiger partial charge in [0.1, 0.15) is 0 Å². The van der Waals surface area contributed by atoms with E-state index in [9.17, 15) is 9.18 Å². The summed E-state index contributed by atoms with van der Waals surface area (Å²) in [5.41, 5.74) is 5.08. The average Bonchev–Trinajstić information content (AvgIpc) is 2.35. The van der Waals surface area contributed by atoms with E-state index in [4.69, 9.17) is 17.0 Å². The Balaban J connectivity index is 2.72. The molecule has 0 fully saturated rings. The molecule has 1 aromatic rings. The SMILES string of the molecule is CNC(=S)NNC(=O)c1ccc(F)c(OC)c1. The van der Waals surface area contributed by atoms with Crippen molar-refractivity contribution in [3.05, 3.63) is 29.6 Å². The Morgan fingerprint density at radius 3 is 2.71 bits per heavy atom. The molecule has 0 aromatic heterocycles. The predicted octanol–water partition coefficient (Wildman–Crippen LogP) is 0.573. The van der Waals surface area contributed by atoms with E-state index in [1.54, 1.807) is 7.05 Å². The van der Waals surface area contributed by atoms with Gasteiger partial charge in [-0.05, 0) is 30.4 Å². The van der Waals surface area contributed by atoms with Crippen LogP contribution >= 0.6 is 12.2 Å². The molecule has 7 heteroatoms. The van der Waals surface area contributed by atoms with E-state index >= 15 is 0 Å². The first-order valence-electron chi connectivity index (χ1n) is 4.70. The van der Waals surface area contributed by atoms with E-state index in [-0.39, 0.29) is 16.4 Å². The zero-order chi connectivity index (χ0) is 12.8. The highest BCUT2D eigenvalue weighted by molar-refractivity contribution is 7.80. The number of halogens is 1. The Kier molecular flexibility index (Phi) is 4.65. The first kappa shape index (κ1) is 13.2. The first-order valence-corrected chi connectivity index (χ1v) is 5.11. The molecule has 0 spiro atoms. The fourth-order valence-corrected chi connectivity index (χ4v) is 1.10. The molecule has 17 heavy (non-hydrogen) atoms. The molecule has 1 aromatic carbocycles. The monoisotopic (exact) mass is 257 g/mol. The van der Waals surface area contributed by atoms with E-state index in [2.05, 4.69) is 16.2 Å². The summed E-state index contributed by atoms with van der Waals surface area (Å²) in [6, 6.07) is 3.80. The molecule has 92 valence electrons. The number of hydrogen-bond acceptors (Lipinski definition) is 3. The van der Waals surface area contributed by atoms with E-state index in [0.29, 0.717) is 0 Å². The zero-order valence-electron chi connectivity index (χ0n) is 9.33. The topological polar surface area (TPSA) is 62.4 Å². The summed E-state index contributed by atoms with van der Waals surface area (Å²) in [7, 11) is 2.94. The van der Waals surface area contributed by atoms with Crippen LogP contribution in [-0.2, 0) is 0 Å². The van der Waals surface area contributed by atoms with Crippen molar-refractivity contribution < 1.29 is 13.9 Å². The maximum absolute atomic E-state index is 13.1. The third-order valence-corrected chi connectivity index (χ3v) is 2.24. The zero-order valence-corrected chi connectivity index (χ0v) is 10.2. The minimum absolute atomic E-state index is 0.00819. The number of carbonyl (C=O) groups excluding carboxylic acids is 1. The highest BCUT2D eigenvalue weighted by Gasteiger charge is 2.09. The molecule has 0 atom stereocenters. The molecule has 0 saturated carbocycles. The van der Waals surface area contributed by atoms with Gasteiger partial charge in [0, 0.05) is 12.6 Å². The number of methoxy groups -OCH3 is 1. The summed E-state index contributed by atoms with van der Waals surface area (Å²) in [5.74, 6) is -0.961. The molecule has 0 saturated heterocycles. The summed E-state index contributed by atoms with van der Waals surface area (Å²) in [6.07, 6.45) is 0. The smallest absolute Gasteiger partial charge is 0.269 e. The Morgan fingerprint density at radius 1 is 1.41 bits per heavy atom. The minimum Gasteiger partial charge on any atom is -0.494 e. The minimum atomic E-state index is -0.525. The van der Waals surface area contributed by atoms with Crippen LogP contribution < -0.4 is 20.9 Å². The van der Waals surface area contributed by atoms with Crippen molar-refractivity contribution in [2.75, 3.05) is 14.2 Å². The number of hydrazine groups is 1. The molecule has 0 aliphatic heterocycles. The van der Waals surface area contributed by atoms with Crippen molar-refractivity contribution in [1.29, 1.82) is 0 Å². The van der Waals surface area contributed by atoms with E-state index < -0.39 is 11.7 Å². The highest BCUT2D eigenvalue weighted by Crippen LogP contribution is 2.17. The highest BCUT2D eigenvalue weighted by atomic mass is 32.1. The van der Waals surface area contributed by atoms with Crippen molar-refractivity contribution in [3.8, 4) is 5.75 Å². The van der Waals surface area contributed by atoms with E-state index in [0.717, 1.165) is 6.07 Å². The molecule has 0 radical (unpaired) electrons. The summed E-state index contributed by atoms with van der Waals surface area (Å²) in [4.78, 5) is 11.6. The van der Waals surface area contributed by atoms with Gasteiger partial charge in [-0.2, -0.15) is 0 Å². The quantitative estimate of drug-likeness (QED) is 0.534. The molecular formula is C10H12FN3O2S. The Bertz CT molecular complexity index is 440. The standard InChI is InChI=1S/C10H12FN3O2S/c1-12-10(17)14-13-9(15)6-3-4-7(11)8(5-6)16-2/h3-5H,1-2H3,(H,13,15)(H2,12,14,17). The number of ether oxygens (including phenoxy) is 1. The van der Waals surface area contributed by atoms with Gasteiger partial charge < -0.3 is 10.1 Å². The van der Waals surface area contributed by atoms with Crippen molar-refractivity contribution in [3.63, 3.8) is 0 Å². The second kappa shape index (κ2) is 6.00. The molecule has 0 aliphatic carbocycles. The van der Waals surface area contributed by atoms with Crippen LogP contribution in [0, 0.1) is 5.82 Å². The summed E-state index contributed by atoms with van der Waals surface area (Å²) in [6.45, 7) is 0. The lowest BCUT2D eigenvalue weighted by Gasteiger charge is -2.09. The number of hydrogen-bond donors (Lipinski definition) is 3. The number of nitrogens with one attached hydrogen (secondary N) is 3. The Labute approximate surface area is 103 Å². The van der Waals surface area contributed by atoms with E-state index in [1.165, 1.54) is 19.2 Å². The van der Waals surface area contributed by atoms with Crippen LogP contribution in [0.15, 0.2) is 18.2 Å². The van der Waals surface area contributed by atoms with Crippen LogP contribution in [0.1, 0.15) is 10.4 Å². The molecule has 0 unspecified atom stereocenters. The lowest BCUT2D eigenvalue weighted by atomic mass is 10.2. The fourth-order valence-electron chi connectivity index (χ4n) is 1.05. The first-order chi connectivity index (χ1) is 8.08. The van der Waals surface area contributed by atoms with Crippen LogP contribution in [-0.4, -0.2) is 25.2 Å². The maximum atomic E-state index is 13.1. The van der Waals surface area contributed by atoms with Crippen LogP contribution in [0.3, 0.4) is 0 Å². The van der Waals surface area contributed by atoms with Crippen molar-refractivity contribution >= 4 is 23.2 Å². The lowest BCUT2D eigenvalue weighted by Crippen LogP contribution is -2.45. The molecule has 3 N–H and O–H groups in total. The van der Waals surface area contributed by atoms with Crippen LogP contribution in [0.5, 0.6) is 5.75 Å². The molecule has 0 heterocycles. The van der Waals surface area contributed by atoms with Gasteiger partial charge >= 0.3 is 0 Å². The second-order valence-corrected chi connectivity index (χ2v) is 3.42. The number of amides is 1. The summed E-state index contributed by atoms with van der Waals surface area (Å²) in [5, 5.41) is 2.90. The summed E-state index contributed by atoms with van der Waals surface area (Å²) >= 11 is 4.77. The number of rotatable bonds is 2. The maximum Gasteiger partial charge on any atom is 0.269 e. The molecular weight excluding hydrogens is 245 g/mol. The average molecular weight is 257 g/mol. The largest absolute Gasteiger partial charge is 0.494 e. The lowest BCUT2D eigenvalue weighted by molar-refractivity contribution is 0.0943. The van der Waals surface area contributed by atoms with Gasteiger partial charge in [-0.25, -0.2) is 4.39 Å². The summed E-state index contributed by atoms with van der Waals surface area (Å²) < 4.78 is 17.9. The predicted molar refractivity (Wildman–Crippen MR) is 65.2 cm³/mol. The van der Waals surface area contributed by atoms with Gasteiger partial charge in [-0.15, -0.1) is 0 Å². The van der Waals surface area contributed by atoms with Gasteiger partial charge in [0.15, 0.2) is 16.7 Å². The Hall–Kier alpha value is -1.89. The van der Waals surface area contributed by atoms with Crippen molar-refractivity contribution in [1.82, 2.24) is 16.2 Å². The Morgan fingerprint density at radius 2 is 2.12 bits per heavy atom. The van der Waals surface area contributed by atoms with Gasteiger partial charge in [0.05, 0.1) is 7.11 Å². The molecule has 5 nitrogen and oxygen atoms in total. The van der Waals surface area contributed by atoms with Gasteiger partial charge in [0.25, 0.3) is 5.91 Å². The van der Waals surface area contributed by atoms with Gasteiger partial charge in [-0.3, -0.25) is 15.6 Å². The van der Waals surface area contributed by atoms with Crippen LogP contribution in [0.2, 0.25) is 0 Å². The normalized spacial score (nSPS) is 9.35. The van der Waals surface area contributed by atoms with Gasteiger partial charge in [0.2, 0.25) is 0 Å². The third kappa shape index (κ3) is 3.56.